The van der Waals surface area contributed by atoms with Gasteiger partial charge in [-0.2, -0.15) is 0 Å². The Labute approximate surface area is 118 Å². The van der Waals surface area contributed by atoms with Crippen LogP contribution in [0.5, 0.6) is 0 Å². The zero-order valence-corrected chi connectivity index (χ0v) is 12.4. The number of alkyl carbamates (subject to hydrolysis) is 1. The molecule has 0 saturated carbocycles. The van der Waals surface area contributed by atoms with Gasteiger partial charge in [-0.25, -0.2) is 9.59 Å². The molecule has 0 bridgehead atoms. The van der Waals surface area contributed by atoms with Crippen LogP contribution in [0.15, 0.2) is 11.6 Å². The Kier molecular flexibility index (Phi) is 4.04. The summed E-state index contributed by atoms with van der Waals surface area (Å²) in [6, 6.07) is 0.183. The van der Waals surface area contributed by atoms with Crippen LogP contribution < -0.4 is 10.6 Å². The second-order valence-electron chi connectivity index (χ2n) is 6.09. The maximum atomic E-state index is 11.8. The largest absolute Gasteiger partial charge is 0.463 e. The van der Waals surface area contributed by atoms with Gasteiger partial charge in [0, 0.05) is 24.1 Å². The molecule has 1 saturated heterocycles. The molecule has 20 heavy (non-hydrogen) atoms. The van der Waals surface area contributed by atoms with Crippen LogP contribution in [0.1, 0.15) is 34.1 Å². The molecule has 6 heteroatoms. The third-order valence-corrected chi connectivity index (χ3v) is 3.16. The Morgan fingerprint density at radius 3 is 2.75 bits per heavy atom. The summed E-state index contributed by atoms with van der Waals surface area (Å²) in [6.07, 6.45) is 1.89. The number of carbonyl (C=O) groups excluding carboxylic acids is 2. The van der Waals surface area contributed by atoms with Gasteiger partial charge in [0.2, 0.25) is 0 Å². The van der Waals surface area contributed by atoms with Gasteiger partial charge in [0.15, 0.2) is 0 Å². The summed E-state index contributed by atoms with van der Waals surface area (Å²) in [6.45, 7) is 7.57. The molecule has 0 radical (unpaired) electrons. The van der Waals surface area contributed by atoms with Gasteiger partial charge in [-0.1, -0.05) is 6.08 Å². The van der Waals surface area contributed by atoms with E-state index >= 15 is 0 Å². The van der Waals surface area contributed by atoms with E-state index in [1.807, 2.05) is 26.8 Å². The zero-order chi connectivity index (χ0) is 14.9. The monoisotopic (exact) mass is 282 g/mol. The van der Waals surface area contributed by atoms with Crippen molar-refractivity contribution in [3.8, 4) is 0 Å². The third-order valence-electron chi connectivity index (χ3n) is 3.16. The molecule has 0 aromatic heterocycles. The van der Waals surface area contributed by atoms with Gasteiger partial charge < -0.3 is 20.1 Å². The van der Waals surface area contributed by atoms with Gasteiger partial charge in [0.25, 0.3) is 0 Å². The Morgan fingerprint density at radius 1 is 1.45 bits per heavy atom. The fourth-order valence-corrected chi connectivity index (χ4v) is 2.31. The number of fused-ring (bicyclic) bond motifs is 1. The second kappa shape index (κ2) is 5.44. The summed E-state index contributed by atoms with van der Waals surface area (Å²) < 4.78 is 10.2. The second-order valence-corrected chi connectivity index (χ2v) is 6.09. The van der Waals surface area contributed by atoms with Crippen molar-refractivity contribution in [1.29, 1.82) is 0 Å². The summed E-state index contributed by atoms with van der Waals surface area (Å²) in [4.78, 5) is 23.6. The Hall–Kier alpha value is -1.56. The van der Waals surface area contributed by atoms with Crippen molar-refractivity contribution in [1.82, 2.24) is 10.6 Å². The molecule has 1 aliphatic carbocycles. The van der Waals surface area contributed by atoms with Crippen LogP contribution in [0.4, 0.5) is 4.79 Å². The van der Waals surface area contributed by atoms with Crippen molar-refractivity contribution < 1.29 is 19.1 Å². The highest BCUT2D eigenvalue weighted by molar-refractivity contribution is 5.89. The van der Waals surface area contributed by atoms with E-state index in [0.717, 1.165) is 0 Å². The lowest BCUT2D eigenvalue weighted by Gasteiger charge is -2.25. The van der Waals surface area contributed by atoms with E-state index in [1.54, 1.807) is 6.92 Å². The molecule has 2 rings (SSSR count). The van der Waals surface area contributed by atoms with E-state index in [4.69, 9.17) is 9.47 Å². The minimum absolute atomic E-state index is 0.140. The number of nitrogens with one attached hydrogen (secondary N) is 2. The Bertz CT molecular complexity index is 439. The van der Waals surface area contributed by atoms with Gasteiger partial charge in [0.05, 0.1) is 12.6 Å². The number of amides is 1. The molecule has 6 nitrogen and oxygen atoms in total. The summed E-state index contributed by atoms with van der Waals surface area (Å²) >= 11 is 0. The van der Waals surface area contributed by atoms with Gasteiger partial charge in [-0.15, -0.1) is 0 Å². The van der Waals surface area contributed by atoms with Crippen LogP contribution in [0.25, 0.3) is 0 Å². The summed E-state index contributed by atoms with van der Waals surface area (Å²) in [5.74, 6) is -0.310. The topological polar surface area (TPSA) is 86.6 Å². The molecular weight excluding hydrogens is 260 g/mol. The van der Waals surface area contributed by atoms with Crippen LogP contribution in [0, 0.1) is 0 Å². The number of hydrogen-bond donors (Lipinski definition) is 2. The van der Waals surface area contributed by atoms with Gasteiger partial charge >= 0.3 is 12.1 Å². The summed E-state index contributed by atoms with van der Waals surface area (Å²) in [5.41, 5.74) is 0.0775. The van der Waals surface area contributed by atoms with Crippen molar-refractivity contribution in [2.45, 2.75) is 57.8 Å². The molecule has 2 N–H and O–H groups in total. The molecule has 0 aromatic carbocycles. The lowest BCUT2D eigenvalue weighted by molar-refractivity contribution is -0.138. The molecule has 0 spiro atoms. The standard InChI is InChI=1S/C14H22N2O4/c1-5-19-12(17)8-6-9-11(15-9)10(7-8)16-13(18)20-14(2,3)4/h6,9-11,15H,5,7H2,1-4H3,(H,16,18)/t9-,10-,11+/m0/s1. The number of carbonyl (C=O) groups is 2. The maximum absolute atomic E-state index is 11.8. The summed E-state index contributed by atoms with van der Waals surface area (Å²) in [5, 5.41) is 6.04. The first kappa shape index (κ1) is 14.8. The van der Waals surface area contributed by atoms with Crippen LogP contribution >= 0.6 is 0 Å². The lowest BCUT2D eigenvalue weighted by Crippen LogP contribution is -2.44. The van der Waals surface area contributed by atoms with Crippen LogP contribution in [0.3, 0.4) is 0 Å². The summed E-state index contributed by atoms with van der Waals surface area (Å²) in [7, 11) is 0. The first-order chi connectivity index (χ1) is 9.30. The molecule has 0 unspecified atom stereocenters. The molecule has 1 heterocycles. The molecule has 1 fully saturated rings. The molecular formula is C14H22N2O4. The van der Waals surface area contributed by atoms with Gasteiger partial charge in [-0.05, 0) is 27.7 Å². The molecule has 2 aliphatic rings. The van der Waals surface area contributed by atoms with E-state index in [2.05, 4.69) is 10.6 Å². The van der Waals surface area contributed by atoms with E-state index in [1.165, 1.54) is 0 Å². The smallest absolute Gasteiger partial charge is 0.407 e. The van der Waals surface area contributed by atoms with Crippen molar-refractivity contribution in [2.24, 2.45) is 0 Å². The minimum atomic E-state index is -0.533. The predicted molar refractivity (Wildman–Crippen MR) is 73.2 cm³/mol. The predicted octanol–water partition coefficient (Wildman–Crippen LogP) is 1.11. The average Bonchev–Trinajstić information content (AvgIpc) is 3.05. The number of rotatable bonds is 3. The lowest BCUT2D eigenvalue weighted by atomic mass is 9.95. The van der Waals surface area contributed by atoms with Crippen molar-refractivity contribution in [3.05, 3.63) is 11.6 Å². The SMILES string of the molecule is CCOC(=O)C1=C[C@@H]2N[C@H]2[C@@H](NC(=O)OC(C)(C)C)C1. The highest BCUT2D eigenvalue weighted by Gasteiger charge is 2.46. The third kappa shape index (κ3) is 3.72. The van der Waals surface area contributed by atoms with Crippen LogP contribution in [0.2, 0.25) is 0 Å². The van der Waals surface area contributed by atoms with Crippen LogP contribution in [-0.2, 0) is 14.3 Å². The van der Waals surface area contributed by atoms with Crippen LogP contribution in [-0.4, -0.2) is 42.4 Å². The van der Waals surface area contributed by atoms with E-state index < -0.39 is 11.7 Å². The molecule has 3 atom stereocenters. The highest BCUT2D eigenvalue weighted by atomic mass is 16.6. The van der Waals surface area contributed by atoms with E-state index in [9.17, 15) is 9.59 Å². The molecule has 1 aliphatic heterocycles. The van der Waals surface area contributed by atoms with Gasteiger partial charge in [0.1, 0.15) is 5.60 Å². The van der Waals surface area contributed by atoms with Crippen molar-refractivity contribution in [3.63, 3.8) is 0 Å². The fraction of sp³-hybridized carbons (Fsp3) is 0.714. The molecule has 0 aromatic rings. The zero-order valence-electron chi connectivity index (χ0n) is 12.4. The normalized spacial score (nSPS) is 28.0. The van der Waals surface area contributed by atoms with Crippen molar-refractivity contribution in [2.75, 3.05) is 6.61 Å². The quantitative estimate of drug-likeness (QED) is 0.598. The van der Waals surface area contributed by atoms with E-state index in [0.29, 0.717) is 18.6 Å². The minimum Gasteiger partial charge on any atom is -0.463 e. The van der Waals surface area contributed by atoms with Gasteiger partial charge in [-0.3, -0.25) is 0 Å². The number of ether oxygens (including phenoxy) is 2. The Morgan fingerprint density at radius 2 is 2.15 bits per heavy atom. The first-order valence-electron chi connectivity index (χ1n) is 6.93. The first-order valence-corrected chi connectivity index (χ1v) is 6.93. The fourth-order valence-electron chi connectivity index (χ4n) is 2.31. The number of esters is 1. The maximum Gasteiger partial charge on any atom is 0.407 e. The highest BCUT2D eigenvalue weighted by Crippen LogP contribution is 2.29. The number of hydrogen-bond acceptors (Lipinski definition) is 5. The average molecular weight is 282 g/mol. The molecule has 1 amide bonds. The van der Waals surface area contributed by atoms with Crippen molar-refractivity contribution >= 4 is 12.1 Å². The molecule has 112 valence electrons. The van der Waals surface area contributed by atoms with E-state index in [-0.39, 0.29) is 24.1 Å². The Balaban J connectivity index is 1.93.